The third-order valence-corrected chi connectivity index (χ3v) is 3.80. The molecule has 1 fully saturated rings. The first-order chi connectivity index (χ1) is 9.20. The second-order valence-electron chi connectivity index (χ2n) is 5.35. The van der Waals surface area contributed by atoms with Gasteiger partial charge in [-0.15, -0.1) is 0 Å². The van der Waals surface area contributed by atoms with Crippen molar-refractivity contribution in [2.45, 2.75) is 25.3 Å². The van der Waals surface area contributed by atoms with Crippen molar-refractivity contribution in [1.29, 1.82) is 0 Å². The SMILES string of the molecule is CNCCc1nccc(N(C)C2CCCN(C)C2)n1. The van der Waals surface area contributed by atoms with E-state index in [0.29, 0.717) is 6.04 Å². The summed E-state index contributed by atoms with van der Waals surface area (Å²) in [5.41, 5.74) is 0. The van der Waals surface area contributed by atoms with Crippen LogP contribution in [0.1, 0.15) is 18.7 Å². The Kier molecular flexibility index (Phi) is 5.10. The number of likely N-dealkylation sites (tertiary alicyclic amines) is 1. The summed E-state index contributed by atoms with van der Waals surface area (Å²) >= 11 is 0. The van der Waals surface area contributed by atoms with Gasteiger partial charge in [0.05, 0.1) is 0 Å². The number of hydrogen-bond acceptors (Lipinski definition) is 5. The molecule has 1 aromatic rings. The van der Waals surface area contributed by atoms with E-state index in [9.17, 15) is 0 Å². The predicted molar refractivity (Wildman–Crippen MR) is 78.6 cm³/mol. The van der Waals surface area contributed by atoms with Gasteiger partial charge in [0.2, 0.25) is 0 Å². The number of anilines is 1. The molecule has 0 spiro atoms. The molecule has 0 radical (unpaired) electrons. The second kappa shape index (κ2) is 6.82. The molecule has 1 unspecified atom stereocenters. The van der Waals surface area contributed by atoms with Crippen molar-refractivity contribution >= 4 is 5.82 Å². The van der Waals surface area contributed by atoms with Crippen LogP contribution in [0.4, 0.5) is 5.82 Å². The Morgan fingerprint density at radius 2 is 2.37 bits per heavy atom. The van der Waals surface area contributed by atoms with Crippen LogP contribution in [-0.4, -0.2) is 61.7 Å². The average Bonchev–Trinajstić information content (AvgIpc) is 2.44. The van der Waals surface area contributed by atoms with Gasteiger partial charge in [0.1, 0.15) is 11.6 Å². The number of nitrogens with zero attached hydrogens (tertiary/aromatic N) is 4. The predicted octanol–water partition coefficient (Wildman–Crippen LogP) is 0.769. The van der Waals surface area contributed by atoms with Gasteiger partial charge in [-0.1, -0.05) is 0 Å². The minimum atomic E-state index is 0.561. The van der Waals surface area contributed by atoms with E-state index in [1.807, 2.05) is 19.3 Å². The number of rotatable bonds is 5. The van der Waals surface area contributed by atoms with Gasteiger partial charge in [0.15, 0.2) is 0 Å². The normalized spacial score (nSPS) is 20.5. The van der Waals surface area contributed by atoms with Gasteiger partial charge in [0, 0.05) is 38.8 Å². The molecule has 1 aliphatic heterocycles. The lowest BCUT2D eigenvalue weighted by Crippen LogP contribution is -2.45. The summed E-state index contributed by atoms with van der Waals surface area (Å²) in [7, 11) is 6.29. The van der Waals surface area contributed by atoms with Crippen LogP contribution in [0.5, 0.6) is 0 Å². The minimum Gasteiger partial charge on any atom is -0.355 e. The second-order valence-corrected chi connectivity index (χ2v) is 5.35. The zero-order valence-electron chi connectivity index (χ0n) is 12.3. The summed E-state index contributed by atoms with van der Waals surface area (Å²) in [6.07, 6.45) is 5.26. The molecule has 0 aliphatic carbocycles. The van der Waals surface area contributed by atoms with E-state index in [1.165, 1.54) is 19.4 Å². The van der Waals surface area contributed by atoms with Gasteiger partial charge in [-0.2, -0.15) is 0 Å². The highest BCUT2D eigenvalue weighted by atomic mass is 15.2. The summed E-state index contributed by atoms with van der Waals surface area (Å²) in [4.78, 5) is 13.7. The number of aromatic nitrogens is 2. The van der Waals surface area contributed by atoms with Crippen LogP contribution in [0.3, 0.4) is 0 Å². The number of hydrogen-bond donors (Lipinski definition) is 1. The number of likely N-dealkylation sites (N-methyl/N-ethyl adjacent to an activating group) is 3. The maximum atomic E-state index is 4.67. The fraction of sp³-hybridized carbons (Fsp3) is 0.714. The average molecular weight is 263 g/mol. The molecule has 0 amide bonds. The summed E-state index contributed by atoms with van der Waals surface area (Å²) in [6, 6.07) is 2.57. The highest BCUT2D eigenvalue weighted by Gasteiger charge is 2.22. The molecule has 106 valence electrons. The van der Waals surface area contributed by atoms with Gasteiger partial charge in [-0.05, 0) is 39.5 Å². The van der Waals surface area contributed by atoms with E-state index in [0.717, 1.165) is 31.2 Å². The largest absolute Gasteiger partial charge is 0.355 e. The summed E-state index contributed by atoms with van der Waals surface area (Å²) < 4.78 is 0. The van der Waals surface area contributed by atoms with Crippen molar-refractivity contribution < 1.29 is 0 Å². The topological polar surface area (TPSA) is 44.3 Å². The Hall–Kier alpha value is -1.20. The molecular weight excluding hydrogens is 238 g/mol. The first-order valence-corrected chi connectivity index (χ1v) is 7.08. The molecule has 1 saturated heterocycles. The molecule has 1 aromatic heterocycles. The Morgan fingerprint density at radius 1 is 1.53 bits per heavy atom. The standard InChI is InChI=1S/C14H25N5/c1-15-8-6-13-16-9-7-14(17-13)19(3)12-5-4-10-18(2)11-12/h7,9,12,15H,4-6,8,10-11H2,1-3H3. The zero-order valence-corrected chi connectivity index (χ0v) is 12.3. The fourth-order valence-corrected chi connectivity index (χ4v) is 2.58. The molecule has 1 atom stereocenters. The van der Waals surface area contributed by atoms with Crippen LogP contribution in [0, 0.1) is 0 Å². The van der Waals surface area contributed by atoms with Gasteiger partial charge in [-0.25, -0.2) is 9.97 Å². The van der Waals surface area contributed by atoms with Crippen molar-refractivity contribution in [3.05, 3.63) is 18.1 Å². The van der Waals surface area contributed by atoms with E-state index in [4.69, 9.17) is 0 Å². The van der Waals surface area contributed by atoms with Crippen LogP contribution in [0.25, 0.3) is 0 Å². The quantitative estimate of drug-likeness (QED) is 0.850. The van der Waals surface area contributed by atoms with Crippen LogP contribution in [0.2, 0.25) is 0 Å². The molecule has 5 heteroatoms. The number of nitrogens with one attached hydrogen (secondary N) is 1. The summed E-state index contributed by atoms with van der Waals surface area (Å²) in [5, 5.41) is 3.13. The Bertz CT molecular complexity index is 395. The first kappa shape index (κ1) is 14.2. The van der Waals surface area contributed by atoms with Crippen LogP contribution in [-0.2, 0) is 6.42 Å². The lowest BCUT2D eigenvalue weighted by atomic mass is 10.1. The van der Waals surface area contributed by atoms with Gasteiger partial charge >= 0.3 is 0 Å². The molecule has 0 aromatic carbocycles. The molecule has 1 aliphatic rings. The molecule has 1 N–H and O–H groups in total. The van der Waals surface area contributed by atoms with Crippen molar-refractivity contribution in [3.63, 3.8) is 0 Å². The van der Waals surface area contributed by atoms with Crippen LogP contribution < -0.4 is 10.2 Å². The molecular formula is C14H25N5. The van der Waals surface area contributed by atoms with Crippen LogP contribution >= 0.6 is 0 Å². The molecule has 5 nitrogen and oxygen atoms in total. The first-order valence-electron chi connectivity index (χ1n) is 7.08. The third kappa shape index (κ3) is 3.88. The minimum absolute atomic E-state index is 0.561. The van der Waals surface area contributed by atoms with E-state index < -0.39 is 0 Å². The van der Waals surface area contributed by atoms with Crippen LogP contribution in [0.15, 0.2) is 12.3 Å². The fourth-order valence-electron chi connectivity index (χ4n) is 2.58. The number of piperidine rings is 1. The van der Waals surface area contributed by atoms with Crippen molar-refractivity contribution in [1.82, 2.24) is 20.2 Å². The summed E-state index contributed by atoms with van der Waals surface area (Å²) in [6.45, 7) is 3.24. The maximum Gasteiger partial charge on any atom is 0.132 e. The van der Waals surface area contributed by atoms with Crippen molar-refractivity contribution in [2.75, 3.05) is 45.7 Å². The Morgan fingerprint density at radius 3 is 3.11 bits per heavy atom. The summed E-state index contributed by atoms with van der Waals surface area (Å²) in [5.74, 6) is 1.96. The van der Waals surface area contributed by atoms with Gasteiger partial charge in [-0.3, -0.25) is 0 Å². The van der Waals surface area contributed by atoms with E-state index in [1.54, 1.807) is 0 Å². The molecule has 2 heterocycles. The molecule has 0 bridgehead atoms. The monoisotopic (exact) mass is 263 g/mol. The zero-order chi connectivity index (χ0) is 13.7. The van der Waals surface area contributed by atoms with Gasteiger partial charge in [0.25, 0.3) is 0 Å². The molecule has 19 heavy (non-hydrogen) atoms. The van der Waals surface area contributed by atoms with E-state index in [-0.39, 0.29) is 0 Å². The Labute approximate surface area is 116 Å². The van der Waals surface area contributed by atoms with Gasteiger partial charge < -0.3 is 15.1 Å². The highest BCUT2D eigenvalue weighted by molar-refractivity contribution is 5.38. The molecule has 0 saturated carbocycles. The van der Waals surface area contributed by atoms with E-state index in [2.05, 4.69) is 39.2 Å². The van der Waals surface area contributed by atoms with Crippen molar-refractivity contribution in [2.24, 2.45) is 0 Å². The maximum absolute atomic E-state index is 4.67. The lowest BCUT2D eigenvalue weighted by Gasteiger charge is -2.36. The van der Waals surface area contributed by atoms with Crippen molar-refractivity contribution in [3.8, 4) is 0 Å². The smallest absolute Gasteiger partial charge is 0.132 e. The third-order valence-electron chi connectivity index (χ3n) is 3.80. The lowest BCUT2D eigenvalue weighted by molar-refractivity contribution is 0.247. The highest BCUT2D eigenvalue weighted by Crippen LogP contribution is 2.18. The molecule has 2 rings (SSSR count). The van der Waals surface area contributed by atoms with E-state index >= 15 is 0 Å². The Balaban J connectivity index is 2.03.